The maximum atomic E-state index is 12.7. The van der Waals surface area contributed by atoms with Crippen LogP contribution in [0.4, 0.5) is 5.82 Å². The van der Waals surface area contributed by atoms with Gasteiger partial charge in [0.25, 0.3) is 10.0 Å². The number of ketones is 1. The highest BCUT2D eigenvalue weighted by Crippen LogP contribution is 2.32. The van der Waals surface area contributed by atoms with E-state index in [1.54, 1.807) is 12.1 Å². The zero-order valence-corrected chi connectivity index (χ0v) is 22.5. The van der Waals surface area contributed by atoms with Crippen LogP contribution in [0.25, 0.3) is 0 Å². The molecule has 0 unspecified atom stereocenters. The summed E-state index contributed by atoms with van der Waals surface area (Å²) in [5, 5.41) is -0.156. The number of nitrogens with zero attached hydrogens (tertiary/aromatic N) is 2. The molecule has 1 N–H and O–H groups in total. The molecular formula is C26H27N3O7S2. The summed E-state index contributed by atoms with van der Waals surface area (Å²) in [6, 6.07) is 14.8. The predicted octanol–water partition coefficient (Wildman–Crippen LogP) is 3.58. The Morgan fingerprint density at radius 3 is 2.55 bits per heavy atom. The number of carbonyl (C=O) groups excluding carboxylic acids is 2. The van der Waals surface area contributed by atoms with Crippen LogP contribution in [-0.4, -0.2) is 61.9 Å². The van der Waals surface area contributed by atoms with Gasteiger partial charge >= 0.3 is 0 Å². The first kappa shape index (κ1) is 27.4. The number of benzene rings is 2. The standard InChI is InChI=1S/C26H27N3O7S2/c1-18(30)37-16-23(31)20-4-10-26(27-14-20)28-38(32,33)22-7-5-21(6-8-22)34-12-11-29(2)15-19-3-9-24-25(13-19)36-17-35-24/h3-10,13-14H,11-12,15-17H2,1-2H3,(H,27,28). The number of fused-ring (bicyclic) bond motifs is 1. The molecule has 0 atom stereocenters. The maximum Gasteiger partial charge on any atom is 0.263 e. The van der Waals surface area contributed by atoms with Gasteiger partial charge in [-0.1, -0.05) is 17.8 Å². The van der Waals surface area contributed by atoms with E-state index in [2.05, 4.69) is 14.6 Å². The number of hydrogen-bond donors (Lipinski definition) is 1. The minimum atomic E-state index is -3.89. The number of anilines is 1. The molecule has 1 aromatic heterocycles. The highest BCUT2D eigenvalue weighted by molar-refractivity contribution is 8.14. The fraction of sp³-hybridized carbons (Fsp3) is 0.269. The Bertz CT molecular complexity index is 1400. The number of rotatable bonds is 12. The van der Waals surface area contributed by atoms with Gasteiger partial charge in [-0.15, -0.1) is 0 Å². The number of ether oxygens (including phenoxy) is 3. The summed E-state index contributed by atoms with van der Waals surface area (Å²) in [6.45, 7) is 3.42. The number of carbonyl (C=O) groups is 2. The third kappa shape index (κ3) is 7.46. The molecule has 0 bridgehead atoms. The van der Waals surface area contributed by atoms with Gasteiger partial charge in [0.05, 0.1) is 10.6 Å². The van der Waals surface area contributed by atoms with Crippen LogP contribution in [0.3, 0.4) is 0 Å². The number of thioether (sulfide) groups is 1. The molecule has 0 fully saturated rings. The van der Waals surface area contributed by atoms with Crippen LogP contribution < -0.4 is 18.9 Å². The summed E-state index contributed by atoms with van der Waals surface area (Å²) >= 11 is 0.908. The molecule has 0 amide bonds. The van der Waals surface area contributed by atoms with Gasteiger partial charge in [0.2, 0.25) is 6.79 Å². The molecule has 1 aliphatic rings. The van der Waals surface area contributed by atoms with E-state index in [9.17, 15) is 18.0 Å². The minimum Gasteiger partial charge on any atom is -0.492 e. The van der Waals surface area contributed by atoms with E-state index >= 15 is 0 Å². The maximum absolute atomic E-state index is 12.7. The summed E-state index contributed by atoms with van der Waals surface area (Å²) < 4.78 is 44.4. The van der Waals surface area contributed by atoms with Crippen molar-refractivity contribution in [3.8, 4) is 17.2 Å². The third-order valence-electron chi connectivity index (χ3n) is 5.50. The Labute approximate surface area is 225 Å². The SMILES string of the molecule is CC(=O)SCC(=O)c1ccc(NS(=O)(=O)c2ccc(OCCN(C)Cc3ccc4c(c3)OCO4)cc2)nc1. The Morgan fingerprint density at radius 1 is 1.08 bits per heavy atom. The van der Waals surface area contributed by atoms with Crippen molar-refractivity contribution in [3.05, 3.63) is 71.9 Å². The van der Waals surface area contributed by atoms with E-state index in [0.29, 0.717) is 31.0 Å². The van der Waals surface area contributed by atoms with Gasteiger partial charge in [-0.05, 0) is 61.1 Å². The monoisotopic (exact) mass is 557 g/mol. The van der Waals surface area contributed by atoms with Crippen molar-refractivity contribution in [1.82, 2.24) is 9.88 Å². The molecule has 0 saturated heterocycles. The minimum absolute atomic E-state index is 0.00663. The number of pyridine rings is 1. The number of hydrogen-bond acceptors (Lipinski definition) is 10. The van der Waals surface area contributed by atoms with Crippen LogP contribution in [0.2, 0.25) is 0 Å². The van der Waals surface area contributed by atoms with Crippen LogP contribution in [-0.2, 0) is 21.4 Å². The van der Waals surface area contributed by atoms with Gasteiger partial charge in [-0.2, -0.15) is 0 Å². The summed E-state index contributed by atoms with van der Waals surface area (Å²) in [5.41, 5.74) is 1.39. The van der Waals surface area contributed by atoms with Crippen molar-refractivity contribution >= 4 is 38.5 Å². The summed E-state index contributed by atoms with van der Waals surface area (Å²) in [4.78, 5) is 29.2. The van der Waals surface area contributed by atoms with Crippen LogP contribution in [0.15, 0.2) is 65.7 Å². The molecule has 0 spiro atoms. The van der Waals surface area contributed by atoms with Crippen molar-refractivity contribution in [2.24, 2.45) is 0 Å². The van der Waals surface area contributed by atoms with Gasteiger partial charge in [0.1, 0.15) is 18.2 Å². The molecule has 12 heteroatoms. The lowest BCUT2D eigenvalue weighted by atomic mass is 10.2. The molecule has 0 radical (unpaired) electrons. The quantitative estimate of drug-likeness (QED) is 0.330. The van der Waals surface area contributed by atoms with Crippen LogP contribution in [0.5, 0.6) is 17.2 Å². The molecule has 0 aliphatic carbocycles. The van der Waals surface area contributed by atoms with Crippen molar-refractivity contribution in [1.29, 1.82) is 0 Å². The number of aromatic nitrogens is 1. The van der Waals surface area contributed by atoms with Crippen molar-refractivity contribution in [3.63, 3.8) is 0 Å². The van der Waals surface area contributed by atoms with Crippen LogP contribution >= 0.6 is 11.8 Å². The van der Waals surface area contributed by atoms with Gasteiger partial charge in [0, 0.05) is 31.8 Å². The van der Waals surface area contributed by atoms with Crippen molar-refractivity contribution < 1.29 is 32.2 Å². The van der Waals surface area contributed by atoms with E-state index in [4.69, 9.17) is 14.2 Å². The second-order valence-corrected chi connectivity index (χ2v) is 11.3. The van der Waals surface area contributed by atoms with E-state index in [1.165, 1.54) is 37.4 Å². The normalized spacial score (nSPS) is 12.4. The smallest absolute Gasteiger partial charge is 0.263 e. The molecular weight excluding hydrogens is 530 g/mol. The average molecular weight is 558 g/mol. The Hall–Kier alpha value is -3.61. The number of likely N-dealkylation sites (N-methyl/N-ethyl adjacent to an activating group) is 1. The lowest BCUT2D eigenvalue weighted by Crippen LogP contribution is -2.23. The lowest BCUT2D eigenvalue weighted by Gasteiger charge is -2.17. The largest absolute Gasteiger partial charge is 0.492 e. The van der Waals surface area contributed by atoms with E-state index in [0.717, 1.165) is 28.8 Å². The van der Waals surface area contributed by atoms with Crippen molar-refractivity contribution in [2.75, 3.05) is 37.5 Å². The zero-order valence-electron chi connectivity index (χ0n) is 20.9. The Morgan fingerprint density at radius 2 is 1.84 bits per heavy atom. The molecule has 200 valence electrons. The van der Waals surface area contributed by atoms with Gasteiger partial charge < -0.3 is 14.2 Å². The zero-order chi connectivity index (χ0) is 27.1. The molecule has 2 aromatic carbocycles. The third-order valence-corrected chi connectivity index (χ3v) is 7.68. The Kier molecular flexibility index (Phi) is 8.87. The predicted molar refractivity (Wildman–Crippen MR) is 143 cm³/mol. The Balaban J connectivity index is 1.25. The number of nitrogens with one attached hydrogen (secondary N) is 1. The highest BCUT2D eigenvalue weighted by atomic mass is 32.2. The molecule has 10 nitrogen and oxygen atoms in total. The van der Waals surface area contributed by atoms with Gasteiger partial charge in [-0.25, -0.2) is 13.4 Å². The number of Topliss-reactive ketones (excluding diaryl/α,β-unsaturated/α-hetero) is 1. The first-order valence-corrected chi connectivity index (χ1v) is 14.1. The topological polar surface area (TPSA) is 124 Å². The summed E-state index contributed by atoms with van der Waals surface area (Å²) in [5.74, 6) is 1.87. The van der Waals surface area contributed by atoms with E-state index in [1.807, 2.05) is 25.2 Å². The second-order valence-electron chi connectivity index (χ2n) is 8.49. The van der Waals surface area contributed by atoms with Crippen LogP contribution in [0.1, 0.15) is 22.8 Å². The van der Waals surface area contributed by atoms with Gasteiger partial charge in [-0.3, -0.25) is 19.2 Å². The van der Waals surface area contributed by atoms with Gasteiger partial charge in [0.15, 0.2) is 22.4 Å². The number of sulfonamides is 1. The second kappa shape index (κ2) is 12.3. The van der Waals surface area contributed by atoms with E-state index < -0.39 is 10.0 Å². The summed E-state index contributed by atoms with van der Waals surface area (Å²) in [7, 11) is -1.90. The first-order valence-electron chi connectivity index (χ1n) is 11.6. The fourth-order valence-electron chi connectivity index (χ4n) is 3.53. The molecule has 4 rings (SSSR count). The molecule has 0 saturated carbocycles. The first-order chi connectivity index (χ1) is 18.2. The molecule has 1 aliphatic heterocycles. The lowest BCUT2D eigenvalue weighted by molar-refractivity contribution is -0.109. The summed E-state index contributed by atoms with van der Waals surface area (Å²) in [6.07, 6.45) is 1.28. The molecule has 38 heavy (non-hydrogen) atoms. The molecule has 2 heterocycles. The fourth-order valence-corrected chi connectivity index (χ4v) is 5.04. The molecule has 3 aromatic rings. The highest BCUT2D eigenvalue weighted by Gasteiger charge is 2.17. The van der Waals surface area contributed by atoms with Crippen molar-refractivity contribution in [2.45, 2.75) is 18.4 Å². The average Bonchev–Trinajstić information content (AvgIpc) is 3.36. The van der Waals surface area contributed by atoms with E-state index in [-0.39, 0.29) is 34.2 Å². The van der Waals surface area contributed by atoms with Crippen LogP contribution in [0, 0.1) is 0 Å².